The van der Waals surface area contributed by atoms with E-state index in [9.17, 15) is 41.9 Å². The van der Waals surface area contributed by atoms with Crippen LogP contribution in [0.5, 0.6) is 0 Å². The molecule has 0 spiro atoms. The van der Waals surface area contributed by atoms with Crippen molar-refractivity contribution in [2.24, 2.45) is 0 Å². The predicted molar refractivity (Wildman–Crippen MR) is 164 cm³/mol. The van der Waals surface area contributed by atoms with E-state index in [1.807, 2.05) is 0 Å². The Bertz CT molecular complexity index is 2040. The van der Waals surface area contributed by atoms with E-state index >= 15 is 0 Å². The van der Waals surface area contributed by atoms with Crippen molar-refractivity contribution in [2.75, 3.05) is 13.2 Å². The summed E-state index contributed by atoms with van der Waals surface area (Å²) in [7, 11) is -6.09. The van der Waals surface area contributed by atoms with Crippen molar-refractivity contribution >= 4 is 45.2 Å². The lowest BCUT2D eigenvalue weighted by Gasteiger charge is -2.21. The van der Waals surface area contributed by atoms with Gasteiger partial charge >= 0.3 is 41.3 Å². The Morgan fingerprint density at radius 2 is 1.58 bits per heavy atom. The summed E-state index contributed by atoms with van der Waals surface area (Å²) >= 11 is 0. The van der Waals surface area contributed by atoms with Gasteiger partial charge in [0.1, 0.15) is 24.9 Å². The van der Waals surface area contributed by atoms with Crippen molar-refractivity contribution in [3.63, 3.8) is 0 Å². The van der Waals surface area contributed by atoms with E-state index < -0.39 is 75.3 Å². The lowest BCUT2D eigenvalue weighted by atomic mass is 10.1. The summed E-state index contributed by atoms with van der Waals surface area (Å²) in [5.41, 5.74) is -5.98. The molecule has 1 fully saturated rings. The fourth-order valence-corrected chi connectivity index (χ4v) is 5.00. The fourth-order valence-electron chi connectivity index (χ4n) is 5.00. The first-order valence-electron chi connectivity index (χ1n) is 15.2. The molecule has 52 heavy (non-hydrogen) atoms. The van der Waals surface area contributed by atoms with Crippen LogP contribution in [-0.2, 0) is 67.8 Å². The summed E-state index contributed by atoms with van der Waals surface area (Å²) < 4.78 is 91.8. The van der Waals surface area contributed by atoms with E-state index in [0.717, 1.165) is 4.57 Å². The molecule has 1 aliphatic heterocycles. The number of halogens is 3. The number of carbonyl (C=O) groups is 4. The first kappa shape index (κ1) is 41.3. The van der Waals surface area contributed by atoms with Crippen molar-refractivity contribution in [3.05, 3.63) is 57.3 Å². The van der Waals surface area contributed by atoms with Crippen molar-refractivity contribution < 1.29 is 73.6 Å². The van der Waals surface area contributed by atoms with Crippen molar-refractivity contribution in [1.29, 1.82) is 0 Å². The Labute approximate surface area is 292 Å². The maximum Gasteiger partial charge on any atom is 0.485 e. The molecule has 23 heteroatoms. The number of hydrogen-bond donors (Lipinski definition) is 0. The third-order valence-electron chi connectivity index (χ3n) is 7.16. The second-order valence-electron chi connectivity index (χ2n) is 10.8. The van der Waals surface area contributed by atoms with E-state index in [4.69, 9.17) is 36.7 Å². The maximum absolute atomic E-state index is 13.0. The third-order valence-corrected chi connectivity index (χ3v) is 7.72. The van der Waals surface area contributed by atoms with Gasteiger partial charge in [-0.2, -0.15) is 17.7 Å². The maximum atomic E-state index is 13.0. The molecule has 0 radical (unpaired) electrons. The van der Waals surface area contributed by atoms with Crippen LogP contribution in [0.2, 0.25) is 0 Å². The van der Waals surface area contributed by atoms with Crippen LogP contribution in [0.15, 0.2) is 40.4 Å². The largest absolute Gasteiger partial charge is 0.741 e. The summed E-state index contributed by atoms with van der Waals surface area (Å²) in [6, 6.07) is 3.05. The van der Waals surface area contributed by atoms with Crippen LogP contribution >= 0.6 is 0 Å². The summed E-state index contributed by atoms with van der Waals surface area (Å²) in [6.45, 7) is 7.27. The van der Waals surface area contributed by atoms with Gasteiger partial charge in [-0.1, -0.05) is 0 Å². The van der Waals surface area contributed by atoms with E-state index in [-0.39, 0.29) is 43.0 Å². The Kier molecular flexibility index (Phi) is 13.4. The molecule has 0 N–H and O–H groups in total. The number of imidazole rings is 1. The van der Waals surface area contributed by atoms with E-state index in [2.05, 4.69) is 4.98 Å². The quantitative estimate of drug-likeness (QED) is 0.0816. The van der Waals surface area contributed by atoms with E-state index in [1.165, 1.54) is 53.1 Å². The number of rotatable bonds is 11. The van der Waals surface area contributed by atoms with E-state index in [0.29, 0.717) is 6.54 Å². The number of aryl methyl sites for hydroxylation is 1. The van der Waals surface area contributed by atoms with Gasteiger partial charge < -0.3 is 32.8 Å². The molecule has 3 aromatic heterocycles. The number of nitrogens with zero attached hydrogens (tertiary/aromatic N) is 5. The predicted octanol–water partition coefficient (Wildman–Crippen LogP) is -0.0807. The van der Waals surface area contributed by atoms with Gasteiger partial charge in [0.2, 0.25) is 6.10 Å². The molecule has 0 aromatic carbocycles. The van der Waals surface area contributed by atoms with Crippen LogP contribution in [-0.4, -0.2) is 92.6 Å². The molecule has 4 atom stereocenters. The highest BCUT2D eigenvalue weighted by Gasteiger charge is 2.54. The molecular formula is C29H34F3N5O14S. The molecule has 4 heterocycles. The molecule has 286 valence electrons. The lowest BCUT2D eigenvalue weighted by molar-refractivity contribution is -0.765. The molecule has 0 saturated carbocycles. The van der Waals surface area contributed by atoms with Crippen molar-refractivity contribution in [1.82, 2.24) is 18.7 Å². The minimum absolute atomic E-state index is 0.0953. The van der Waals surface area contributed by atoms with Gasteiger partial charge in [0.25, 0.3) is 5.56 Å². The standard InChI is InChI=1S/C28H34N5O11.CHF3O3S/c1-6-32-24-21(25(37)33(7-2)28(32)39)31(15-29-24)11-12-40-27(38)19-9-8-10-30(13-19)26-23(43-18(5)36)22(42-17(4)35)20(44-26)14-41-16(3)34;2-1(3,4)8(5,6)7/h8-10,13,15,20,22-23,26H,6-7,11-12,14H2,1-5H3;(H,5,6,7)/q+1;/p-1/t20-,22-,23-,26-;/m1./s1. The van der Waals surface area contributed by atoms with Gasteiger partial charge in [0.15, 0.2) is 39.8 Å². The zero-order chi connectivity index (χ0) is 39.1. The van der Waals surface area contributed by atoms with Gasteiger partial charge in [-0.15, -0.1) is 0 Å². The zero-order valence-corrected chi connectivity index (χ0v) is 29.0. The molecule has 0 bridgehead atoms. The molecule has 4 rings (SSSR count). The van der Waals surface area contributed by atoms with Crippen LogP contribution in [0.1, 0.15) is 51.2 Å². The van der Waals surface area contributed by atoms with Crippen molar-refractivity contribution in [3.8, 4) is 0 Å². The number of aromatic nitrogens is 5. The van der Waals surface area contributed by atoms with Crippen LogP contribution in [0.25, 0.3) is 11.2 Å². The van der Waals surface area contributed by atoms with E-state index in [1.54, 1.807) is 26.1 Å². The molecule has 0 aliphatic carbocycles. The minimum Gasteiger partial charge on any atom is -0.741 e. The monoisotopic (exact) mass is 765 g/mol. The number of carbonyl (C=O) groups excluding carboxylic acids is 4. The van der Waals surface area contributed by atoms with Crippen molar-refractivity contribution in [2.45, 2.75) is 84.3 Å². The molecule has 3 aromatic rings. The number of alkyl halides is 3. The second kappa shape index (κ2) is 16.9. The van der Waals surface area contributed by atoms with Gasteiger partial charge in [0.05, 0.1) is 12.9 Å². The first-order chi connectivity index (χ1) is 24.2. The second-order valence-corrected chi connectivity index (χ2v) is 12.1. The molecule has 1 aliphatic rings. The fraction of sp³-hybridized carbons (Fsp3) is 0.517. The van der Waals surface area contributed by atoms with Gasteiger partial charge in [0, 0.05) is 39.9 Å². The number of fused-ring (bicyclic) bond motifs is 1. The Morgan fingerprint density at radius 1 is 0.981 bits per heavy atom. The molecular weight excluding hydrogens is 731 g/mol. The molecule has 0 unspecified atom stereocenters. The van der Waals surface area contributed by atoms with Crippen LogP contribution in [0.4, 0.5) is 13.2 Å². The first-order valence-corrected chi connectivity index (χ1v) is 16.6. The Hall–Kier alpha value is -5.16. The molecule has 19 nitrogen and oxygen atoms in total. The SMILES string of the molecule is CCn1c(=O)c2c(ncn2CCOC(=O)c2ccc[n+]([C@@H]3O[C@H](COC(C)=O)[C@@H](OC(C)=O)[C@H]3OC(C)=O)c2)n(CC)c1=O.O=S(=O)([O-])C(F)(F)F. The average molecular weight is 766 g/mol. The highest BCUT2D eigenvalue weighted by molar-refractivity contribution is 7.86. The molecule has 1 saturated heterocycles. The smallest absolute Gasteiger partial charge is 0.485 e. The summed E-state index contributed by atoms with van der Waals surface area (Å²) in [5.74, 6) is -2.61. The summed E-state index contributed by atoms with van der Waals surface area (Å²) in [5, 5.41) is 0. The lowest BCUT2D eigenvalue weighted by Crippen LogP contribution is -2.48. The van der Waals surface area contributed by atoms with Gasteiger partial charge in [-0.25, -0.2) is 23.0 Å². The zero-order valence-electron chi connectivity index (χ0n) is 28.2. The highest BCUT2D eigenvalue weighted by Crippen LogP contribution is 2.31. The topological polar surface area (TPSA) is 237 Å². The summed E-state index contributed by atoms with van der Waals surface area (Å²) in [4.78, 5) is 78.0. The highest BCUT2D eigenvalue weighted by atomic mass is 32.2. The number of pyridine rings is 1. The van der Waals surface area contributed by atoms with Gasteiger partial charge in [-0.05, 0) is 19.9 Å². The Morgan fingerprint density at radius 3 is 2.12 bits per heavy atom. The number of hydrogen-bond acceptors (Lipinski definition) is 15. The van der Waals surface area contributed by atoms with Crippen LogP contribution < -0.4 is 15.8 Å². The van der Waals surface area contributed by atoms with Crippen LogP contribution in [0, 0.1) is 0 Å². The Balaban J connectivity index is 0.000000815. The summed E-state index contributed by atoms with van der Waals surface area (Å²) in [6.07, 6.45) is 0.138. The van der Waals surface area contributed by atoms with Gasteiger partial charge in [-0.3, -0.25) is 28.3 Å². The third kappa shape index (κ3) is 9.79. The normalized spacial score (nSPS) is 18.6. The number of esters is 4. The number of ether oxygens (including phenoxy) is 5. The minimum atomic E-state index is -6.09. The van der Waals surface area contributed by atoms with Crippen LogP contribution in [0.3, 0.4) is 0 Å². The average Bonchev–Trinajstić information content (AvgIpc) is 3.60. The molecule has 0 amide bonds.